The highest BCUT2D eigenvalue weighted by molar-refractivity contribution is 5.86. The number of allylic oxidation sites excluding steroid dienone is 1. The molecule has 0 heterocycles. The topological polar surface area (TPSA) is 41.8 Å². The Morgan fingerprint density at radius 3 is 2.76 bits per heavy atom. The van der Waals surface area contributed by atoms with Gasteiger partial charge < -0.3 is 9.94 Å². The molecule has 0 fully saturated rings. The summed E-state index contributed by atoms with van der Waals surface area (Å²) < 4.78 is 5.85. The zero-order valence-corrected chi connectivity index (χ0v) is 11.7. The van der Waals surface area contributed by atoms with Crippen molar-refractivity contribution in [3.63, 3.8) is 0 Å². The van der Waals surface area contributed by atoms with Crippen LogP contribution in [0.2, 0.25) is 0 Å². The highest BCUT2D eigenvalue weighted by atomic mass is 16.5. The minimum Gasteiger partial charge on any atom is -0.489 e. The van der Waals surface area contributed by atoms with E-state index in [1.165, 1.54) is 17.3 Å². The second-order valence-electron chi connectivity index (χ2n) is 5.10. The van der Waals surface area contributed by atoms with E-state index in [0.29, 0.717) is 6.61 Å². The van der Waals surface area contributed by atoms with E-state index < -0.39 is 0 Å². The van der Waals surface area contributed by atoms with E-state index >= 15 is 0 Å². The van der Waals surface area contributed by atoms with Gasteiger partial charge in [-0.05, 0) is 53.3 Å². The molecule has 0 atom stereocenters. The molecule has 0 spiro atoms. The van der Waals surface area contributed by atoms with Gasteiger partial charge in [0, 0.05) is 0 Å². The van der Waals surface area contributed by atoms with Crippen molar-refractivity contribution < 1.29 is 9.94 Å². The van der Waals surface area contributed by atoms with Crippen LogP contribution in [0.25, 0.3) is 6.08 Å². The van der Waals surface area contributed by atoms with Crippen LogP contribution in [0, 0.1) is 0 Å². The molecule has 2 aromatic rings. The predicted octanol–water partition coefficient (Wildman–Crippen LogP) is 4.06. The highest BCUT2D eigenvalue weighted by Crippen LogP contribution is 2.27. The zero-order valence-electron chi connectivity index (χ0n) is 11.7. The van der Waals surface area contributed by atoms with E-state index in [-0.39, 0.29) is 0 Å². The van der Waals surface area contributed by atoms with E-state index in [2.05, 4.69) is 35.5 Å². The molecule has 0 aliphatic heterocycles. The van der Waals surface area contributed by atoms with Gasteiger partial charge in [0.25, 0.3) is 0 Å². The summed E-state index contributed by atoms with van der Waals surface area (Å²) in [5.41, 5.74) is 4.65. The summed E-state index contributed by atoms with van der Waals surface area (Å²) in [6.07, 6.45) is 5.39. The summed E-state index contributed by atoms with van der Waals surface area (Å²) >= 11 is 0. The lowest BCUT2D eigenvalue weighted by atomic mass is 9.92. The molecule has 0 unspecified atom stereocenters. The van der Waals surface area contributed by atoms with Crippen LogP contribution < -0.4 is 4.74 Å². The van der Waals surface area contributed by atoms with Crippen LogP contribution >= 0.6 is 0 Å². The molecule has 0 saturated heterocycles. The maximum absolute atomic E-state index is 8.60. The Labute approximate surface area is 124 Å². The third-order valence-corrected chi connectivity index (χ3v) is 3.61. The van der Waals surface area contributed by atoms with Crippen molar-refractivity contribution in [1.82, 2.24) is 0 Å². The van der Waals surface area contributed by atoms with Crippen LogP contribution in [0.5, 0.6) is 5.75 Å². The number of oxime groups is 1. The number of fused-ring (bicyclic) bond motifs is 1. The lowest BCUT2D eigenvalue weighted by Crippen LogP contribution is -2.02. The normalized spacial score (nSPS) is 13.8. The van der Waals surface area contributed by atoms with E-state index in [4.69, 9.17) is 9.94 Å². The second-order valence-corrected chi connectivity index (χ2v) is 5.10. The fourth-order valence-electron chi connectivity index (χ4n) is 2.50. The quantitative estimate of drug-likeness (QED) is 0.521. The Bertz CT molecular complexity index is 675. The summed E-state index contributed by atoms with van der Waals surface area (Å²) in [5, 5.41) is 11.7. The SMILES string of the molecule is O/N=C/C1=Cc2ccc(OCc3ccccc3)cc2CC1. The first kappa shape index (κ1) is 13.4. The number of ether oxygens (including phenoxy) is 1. The molecule has 3 heteroatoms. The predicted molar refractivity (Wildman–Crippen MR) is 83.8 cm³/mol. The molecule has 1 aliphatic rings. The van der Waals surface area contributed by atoms with Gasteiger partial charge in [0.2, 0.25) is 0 Å². The van der Waals surface area contributed by atoms with Crippen molar-refractivity contribution in [1.29, 1.82) is 0 Å². The molecule has 0 amide bonds. The summed E-state index contributed by atoms with van der Waals surface area (Å²) in [5.74, 6) is 0.894. The Balaban J connectivity index is 1.72. The average Bonchev–Trinajstić information content (AvgIpc) is 2.54. The number of rotatable bonds is 4. The average molecular weight is 279 g/mol. The molecular formula is C18H17NO2. The summed E-state index contributed by atoms with van der Waals surface area (Å²) in [7, 11) is 0. The van der Waals surface area contributed by atoms with E-state index in [1.807, 2.05) is 24.3 Å². The summed E-state index contributed by atoms with van der Waals surface area (Å²) in [6, 6.07) is 16.3. The standard InChI is InChI=1S/C18H17NO2/c20-19-12-15-6-7-17-11-18(9-8-16(17)10-15)21-13-14-4-2-1-3-5-14/h1-5,8-12,20H,6-7,13H2/b19-12+. The van der Waals surface area contributed by atoms with Crippen LogP contribution in [0.1, 0.15) is 23.1 Å². The highest BCUT2D eigenvalue weighted by Gasteiger charge is 2.10. The number of benzene rings is 2. The van der Waals surface area contributed by atoms with Gasteiger partial charge in [-0.15, -0.1) is 0 Å². The molecule has 0 bridgehead atoms. The molecule has 0 aromatic heterocycles. The lowest BCUT2D eigenvalue weighted by molar-refractivity contribution is 0.306. The largest absolute Gasteiger partial charge is 0.489 e. The first-order valence-corrected chi connectivity index (χ1v) is 7.03. The van der Waals surface area contributed by atoms with E-state index in [9.17, 15) is 0 Å². The van der Waals surface area contributed by atoms with E-state index in [0.717, 1.165) is 29.7 Å². The fourth-order valence-corrected chi connectivity index (χ4v) is 2.50. The fraction of sp³-hybridized carbons (Fsp3) is 0.167. The van der Waals surface area contributed by atoms with Gasteiger partial charge in [-0.25, -0.2) is 0 Å². The Kier molecular flexibility index (Phi) is 4.01. The summed E-state index contributed by atoms with van der Waals surface area (Å²) in [4.78, 5) is 0. The van der Waals surface area contributed by atoms with Crippen molar-refractivity contribution >= 4 is 12.3 Å². The molecule has 0 saturated carbocycles. The molecule has 1 aliphatic carbocycles. The van der Waals surface area contributed by atoms with Gasteiger partial charge >= 0.3 is 0 Å². The number of nitrogens with zero attached hydrogens (tertiary/aromatic N) is 1. The van der Waals surface area contributed by atoms with Crippen LogP contribution in [0.3, 0.4) is 0 Å². The number of aryl methyl sites for hydroxylation is 1. The van der Waals surface area contributed by atoms with Crippen LogP contribution in [0.15, 0.2) is 59.3 Å². The minimum absolute atomic E-state index is 0.581. The van der Waals surface area contributed by atoms with Crippen molar-refractivity contribution in [2.75, 3.05) is 0 Å². The molecule has 1 N–H and O–H groups in total. The molecule has 106 valence electrons. The summed E-state index contributed by atoms with van der Waals surface area (Å²) in [6.45, 7) is 0.581. The molecule has 2 aromatic carbocycles. The Morgan fingerprint density at radius 1 is 1.10 bits per heavy atom. The van der Waals surface area contributed by atoms with Gasteiger partial charge in [-0.3, -0.25) is 0 Å². The third-order valence-electron chi connectivity index (χ3n) is 3.61. The van der Waals surface area contributed by atoms with Crippen molar-refractivity contribution in [3.8, 4) is 5.75 Å². The molecular weight excluding hydrogens is 262 g/mol. The smallest absolute Gasteiger partial charge is 0.120 e. The van der Waals surface area contributed by atoms with Gasteiger partial charge in [-0.2, -0.15) is 0 Å². The van der Waals surface area contributed by atoms with Gasteiger partial charge in [0.05, 0.1) is 6.21 Å². The second kappa shape index (κ2) is 6.27. The zero-order chi connectivity index (χ0) is 14.5. The first-order valence-electron chi connectivity index (χ1n) is 7.03. The van der Waals surface area contributed by atoms with Gasteiger partial charge in [0.15, 0.2) is 0 Å². The molecule has 3 nitrogen and oxygen atoms in total. The lowest BCUT2D eigenvalue weighted by Gasteiger charge is -2.15. The minimum atomic E-state index is 0.581. The Hall–Kier alpha value is -2.55. The van der Waals surface area contributed by atoms with Gasteiger partial charge in [-0.1, -0.05) is 41.6 Å². The third kappa shape index (κ3) is 3.31. The van der Waals surface area contributed by atoms with Crippen LogP contribution in [-0.4, -0.2) is 11.4 Å². The van der Waals surface area contributed by atoms with Gasteiger partial charge in [0.1, 0.15) is 12.4 Å². The molecule has 3 rings (SSSR count). The maximum atomic E-state index is 8.60. The molecule has 21 heavy (non-hydrogen) atoms. The van der Waals surface area contributed by atoms with Crippen molar-refractivity contribution in [3.05, 3.63) is 70.8 Å². The van der Waals surface area contributed by atoms with Crippen LogP contribution in [-0.2, 0) is 13.0 Å². The molecule has 0 radical (unpaired) electrons. The number of hydrogen-bond donors (Lipinski definition) is 1. The first-order chi connectivity index (χ1) is 10.3. The number of hydrogen-bond acceptors (Lipinski definition) is 3. The van der Waals surface area contributed by atoms with Crippen LogP contribution in [0.4, 0.5) is 0 Å². The maximum Gasteiger partial charge on any atom is 0.120 e. The van der Waals surface area contributed by atoms with Crippen molar-refractivity contribution in [2.24, 2.45) is 5.16 Å². The van der Waals surface area contributed by atoms with E-state index in [1.54, 1.807) is 0 Å². The Morgan fingerprint density at radius 2 is 1.95 bits per heavy atom. The van der Waals surface area contributed by atoms with Crippen molar-refractivity contribution in [2.45, 2.75) is 19.4 Å². The monoisotopic (exact) mass is 279 g/mol.